The fraction of sp³-hybridized carbons (Fsp3) is 0.258. The lowest BCUT2D eigenvalue weighted by Gasteiger charge is -2.31. The Balaban J connectivity index is 1.25. The van der Waals surface area contributed by atoms with Crippen molar-refractivity contribution in [1.29, 1.82) is 0 Å². The third kappa shape index (κ3) is 5.00. The molecular weight excluding hydrogens is 522 g/mol. The summed E-state index contributed by atoms with van der Waals surface area (Å²) < 4.78 is 5.98. The normalized spacial score (nSPS) is 18.2. The molecule has 9 heteroatoms. The van der Waals surface area contributed by atoms with Gasteiger partial charge in [-0.25, -0.2) is 9.78 Å². The number of amides is 3. The number of aryl methyl sites for hydroxylation is 1. The maximum atomic E-state index is 13.5. The summed E-state index contributed by atoms with van der Waals surface area (Å²) in [5.41, 5.74) is 3.80. The molecule has 3 N–H and O–H groups in total. The number of aromatic nitrogens is 1. The van der Waals surface area contributed by atoms with Crippen molar-refractivity contribution in [2.24, 2.45) is 0 Å². The highest BCUT2D eigenvalue weighted by Gasteiger charge is 2.34. The van der Waals surface area contributed by atoms with Crippen LogP contribution < -0.4 is 25.6 Å². The van der Waals surface area contributed by atoms with Crippen LogP contribution in [-0.2, 0) is 0 Å². The highest BCUT2D eigenvalue weighted by Crippen LogP contribution is 2.46. The van der Waals surface area contributed by atoms with Gasteiger partial charge in [-0.3, -0.25) is 9.69 Å². The summed E-state index contributed by atoms with van der Waals surface area (Å²) in [6.07, 6.45) is 5.42. The molecule has 1 aliphatic carbocycles. The van der Waals surface area contributed by atoms with Crippen LogP contribution in [0.2, 0.25) is 0 Å². The van der Waals surface area contributed by atoms with E-state index in [-0.39, 0.29) is 18.0 Å². The monoisotopic (exact) mass is 553 g/mol. The minimum atomic E-state index is -0.321. The molecule has 1 aliphatic heterocycles. The number of nitrogens with zero attached hydrogens (tertiary/aromatic N) is 2. The average Bonchev–Trinajstić information content (AvgIpc) is 3.30. The molecule has 2 aromatic heterocycles. The Labute approximate surface area is 237 Å². The summed E-state index contributed by atoms with van der Waals surface area (Å²) in [5.74, 6) is 1.25. The number of carbonyl (C=O) groups excluding carboxylic acids is 2. The molecular formula is C31H31N5O3S. The van der Waals surface area contributed by atoms with E-state index in [1.807, 2.05) is 68.4 Å². The number of rotatable bonds is 7. The molecule has 0 spiro atoms. The van der Waals surface area contributed by atoms with Crippen LogP contribution in [0.1, 0.15) is 47.8 Å². The second-order valence-electron chi connectivity index (χ2n) is 10.4. The fourth-order valence-corrected chi connectivity index (χ4v) is 6.55. The van der Waals surface area contributed by atoms with E-state index in [2.05, 4.69) is 27.5 Å². The zero-order chi connectivity index (χ0) is 27.8. The van der Waals surface area contributed by atoms with E-state index in [1.165, 1.54) is 11.3 Å². The molecule has 204 valence electrons. The Bertz CT molecular complexity index is 1610. The standard InChI is InChI=1S/C31H31N5O3S/c1-18(2)33-20-9-11-21(12-10-20)34-29(37)28-27-26-25(15-16-32-30(26)40-28)36(31(38)35-27)24-14-13-23(17-19(24)3)39-22-7-5-4-6-8-22/h4-8,13-17,20-21,33H,1,9-12H2,2-3H3,(H,34,37)(H,35,38). The first-order chi connectivity index (χ1) is 19.4. The molecule has 0 unspecified atom stereocenters. The number of thiophene rings is 1. The molecule has 8 nitrogen and oxygen atoms in total. The second-order valence-corrected chi connectivity index (χ2v) is 11.4. The quantitative estimate of drug-likeness (QED) is 0.224. The molecule has 0 radical (unpaired) electrons. The Kier molecular flexibility index (Phi) is 6.89. The highest BCUT2D eigenvalue weighted by atomic mass is 32.1. The van der Waals surface area contributed by atoms with E-state index >= 15 is 0 Å². The first-order valence-corrected chi connectivity index (χ1v) is 14.3. The molecule has 0 bridgehead atoms. The van der Waals surface area contributed by atoms with E-state index in [1.54, 1.807) is 11.1 Å². The summed E-state index contributed by atoms with van der Waals surface area (Å²) >= 11 is 1.31. The van der Waals surface area contributed by atoms with Gasteiger partial charge in [-0.1, -0.05) is 24.8 Å². The van der Waals surface area contributed by atoms with Crippen LogP contribution >= 0.6 is 11.3 Å². The van der Waals surface area contributed by atoms with Gasteiger partial charge in [0.15, 0.2) is 0 Å². The third-order valence-electron chi connectivity index (χ3n) is 7.35. The van der Waals surface area contributed by atoms with Crippen LogP contribution in [0, 0.1) is 6.92 Å². The van der Waals surface area contributed by atoms with E-state index in [0.717, 1.165) is 53.8 Å². The topological polar surface area (TPSA) is 95.6 Å². The number of carbonyl (C=O) groups is 2. The molecule has 40 heavy (non-hydrogen) atoms. The van der Waals surface area contributed by atoms with E-state index < -0.39 is 0 Å². The first-order valence-electron chi connectivity index (χ1n) is 13.5. The van der Waals surface area contributed by atoms with Gasteiger partial charge in [0, 0.05) is 24.0 Å². The van der Waals surface area contributed by atoms with Crippen molar-refractivity contribution in [3.63, 3.8) is 0 Å². The van der Waals surface area contributed by atoms with Gasteiger partial charge < -0.3 is 20.7 Å². The number of nitrogens with one attached hydrogen (secondary N) is 3. The largest absolute Gasteiger partial charge is 0.457 e. The number of pyridine rings is 1. The van der Waals surface area contributed by atoms with Crippen molar-refractivity contribution in [3.05, 3.63) is 83.5 Å². The number of allylic oxidation sites excluding steroid dienone is 1. The van der Waals surface area contributed by atoms with Crippen molar-refractivity contribution in [3.8, 4) is 11.5 Å². The number of para-hydroxylation sites is 1. The lowest BCUT2D eigenvalue weighted by molar-refractivity contribution is 0.0929. The molecule has 0 saturated heterocycles. The summed E-state index contributed by atoms with van der Waals surface area (Å²) in [4.78, 5) is 34.3. The van der Waals surface area contributed by atoms with Crippen LogP contribution in [0.3, 0.4) is 0 Å². The maximum Gasteiger partial charge on any atom is 0.331 e. The molecule has 1 saturated carbocycles. The van der Waals surface area contributed by atoms with Crippen molar-refractivity contribution in [2.45, 2.75) is 51.6 Å². The van der Waals surface area contributed by atoms with Crippen molar-refractivity contribution < 1.29 is 14.3 Å². The Morgan fingerprint density at radius 3 is 2.45 bits per heavy atom. The Morgan fingerprint density at radius 1 is 1.02 bits per heavy atom. The lowest BCUT2D eigenvalue weighted by Crippen LogP contribution is -2.42. The van der Waals surface area contributed by atoms with Gasteiger partial charge in [0.1, 0.15) is 21.2 Å². The van der Waals surface area contributed by atoms with E-state index in [9.17, 15) is 9.59 Å². The molecule has 3 heterocycles. The smallest absolute Gasteiger partial charge is 0.331 e. The SMILES string of the molecule is C=C(C)NC1CCC(NC(=O)c2sc3nccc4c3c2NC(=O)N4c2ccc(Oc3ccccc3)cc2C)CC1. The van der Waals surface area contributed by atoms with Gasteiger partial charge in [0.2, 0.25) is 0 Å². The van der Waals surface area contributed by atoms with Crippen LogP contribution in [0.25, 0.3) is 10.2 Å². The molecule has 2 aliphatic rings. The van der Waals surface area contributed by atoms with Gasteiger partial charge in [0.25, 0.3) is 5.91 Å². The predicted octanol–water partition coefficient (Wildman–Crippen LogP) is 7.24. The first kappa shape index (κ1) is 25.9. The number of hydrogen-bond acceptors (Lipinski definition) is 6. The van der Waals surface area contributed by atoms with Crippen molar-refractivity contribution >= 4 is 50.6 Å². The van der Waals surface area contributed by atoms with Gasteiger partial charge in [-0.05, 0) is 81.5 Å². The summed E-state index contributed by atoms with van der Waals surface area (Å²) in [5, 5.41) is 10.4. The maximum absolute atomic E-state index is 13.5. The van der Waals surface area contributed by atoms with Crippen LogP contribution in [0.4, 0.5) is 21.9 Å². The number of anilines is 3. The van der Waals surface area contributed by atoms with Crippen LogP contribution in [0.15, 0.2) is 73.1 Å². The van der Waals surface area contributed by atoms with Gasteiger partial charge >= 0.3 is 6.03 Å². The number of hydrogen-bond donors (Lipinski definition) is 3. The molecule has 3 amide bonds. The Morgan fingerprint density at radius 2 is 1.75 bits per heavy atom. The van der Waals surface area contributed by atoms with Gasteiger partial charge in [0.05, 0.1) is 22.4 Å². The van der Waals surface area contributed by atoms with E-state index in [0.29, 0.717) is 32.9 Å². The van der Waals surface area contributed by atoms with Gasteiger partial charge in [-0.2, -0.15) is 0 Å². The van der Waals surface area contributed by atoms with E-state index in [4.69, 9.17) is 4.74 Å². The second kappa shape index (κ2) is 10.7. The van der Waals surface area contributed by atoms with Crippen molar-refractivity contribution in [1.82, 2.24) is 15.6 Å². The molecule has 1 fully saturated rings. The minimum Gasteiger partial charge on any atom is -0.457 e. The Hall–Kier alpha value is -4.37. The number of ether oxygens (including phenoxy) is 1. The average molecular weight is 554 g/mol. The highest BCUT2D eigenvalue weighted by molar-refractivity contribution is 7.21. The summed E-state index contributed by atoms with van der Waals surface area (Å²) in [7, 11) is 0. The number of urea groups is 1. The zero-order valence-corrected chi connectivity index (χ0v) is 23.3. The molecule has 6 rings (SSSR count). The minimum absolute atomic E-state index is 0.0931. The lowest BCUT2D eigenvalue weighted by atomic mass is 9.91. The summed E-state index contributed by atoms with van der Waals surface area (Å²) in [6.45, 7) is 7.85. The third-order valence-corrected chi connectivity index (χ3v) is 8.45. The summed E-state index contributed by atoms with van der Waals surface area (Å²) in [6, 6.07) is 17.2. The van der Waals surface area contributed by atoms with Crippen LogP contribution in [0.5, 0.6) is 11.5 Å². The van der Waals surface area contributed by atoms with Crippen LogP contribution in [-0.4, -0.2) is 29.0 Å². The van der Waals surface area contributed by atoms with Crippen molar-refractivity contribution in [2.75, 3.05) is 10.2 Å². The predicted molar refractivity (Wildman–Crippen MR) is 160 cm³/mol. The zero-order valence-electron chi connectivity index (χ0n) is 22.5. The molecule has 2 aromatic carbocycles. The van der Waals surface area contributed by atoms with Gasteiger partial charge in [-0.15, -0.1) is 11.3 Å². The molecule has 0 atom stereocenters. The fourth-order valence-electron chi connectivity index (χ4n) is 5.53. The molecule has 4 aromatic rings. The number of benzene rings is 2.